The molecule has 1 aromatic carbocycles. The third-order valence-electron chi connectivity index (χ3n) is 3.36. The summed E-state index contributed by atoms with van der Waals surface area (Å²) in [5.41, 5.74) is 0.817. The summed E-state index contributed by atoms with van der Waals surface area (Å²) in [7, 11) is 0. The molecule has 2 N–H and O–H groups in total. The highest BCUT2D eigenvalue weighted by atomic mass is 35.5. The van der Waals surface area contributed by atoms with Gasteiger partial charge in [0.25, 0.3) is 0 Å². The van der Waals surface area contributed by atoms with Crippen molar-refractivity contribution in [1.29, 1.82) is 0 Å². The SMILES string of the molecule is Oc1c(Cl)cccc1CNCCCOCC1CCCO1. The van der Waals surface area contributed by atoms with Crippen LogP contribution in [-0.4, -0.2) is 37.6 Å². The van der Waals surface area contributed by atoms with E-state index in [1.165, 1.54) is 0 Å². The maximum absolute atomic E-state index is 9.75. The van der Waals surface area contributed by atoms with Crippen LogP contribution in [0.1, 0.15) is 24.8 Å². The minimum Gasteiger partial charge on any atom is -0.506 e. The number of phenolic OH excluding ortho intramolecular Hbond substituents is 1. The number of ether oxygens (including phenoxy) is 2. The zero-order chi connectivity index (χ0) is 14.2. The molecule has 1 aromatic rings. The number of phenols is 1. The second-order valence-electron chi connectivity index (χ2n) is 4.99. The zero-order valence-electron chi connectivity index (χ0n) is 11.6. The molecule has 0 saturated carbocycles. The van der Waals surface area contributed by atoms with Crippen LogP contribution in [0.4, 0.5) is 0 Å². The summed E-state index contributed by atoms with van der Waals surface area (Å²) in [5.74, 6) is 0.163. The van der Waals surface area contributed by atoms with Gasteiger partial charge in [0, 0.05) is 25.3 Å². The largest absolute Gasteiger partial charge is 0.506 e. The molecule has 20 heavy (non-hydrogen) atoms. The highest BCUT2D eigenvalue weighted by Crippen LogP contribution is 2.26. The Bertz CT molecular complexity index is 408. The van der Waals surface area contributed by atoms with Crippen molar-refractivity contribution in [2.24, 2.45) is 0 Å². The molecular formula is C15H22ClNO3. The summed E-state index contributed by atoms with van der Waals surface area (Å²) in [6.45, 7) is 3.76. The van der Waals surface area contributed by atoms with Gasteiger partial charge in [-0.3, -0.25) is 0 Å². The monoisotopic (exact) mass is 299 g/mol. The molecule has 5 heteroatoms. The molecule has 1 aliphatic rings. The summed E-state index contributed by atoms with van der Waals surface area (Å²) < 4.78 is 11.1. The minimum atomic E-state index is 0.163. The second-order valence-corrected chi connectivity index (χ2v) is 5.40. The Balaban J connectivity index is 1.52. The predicted octanol–water partition coefficient (Wildman–Crippen LogP) is 2.72. The molecule has 0 aliphatic carbocycles. The van der Waals surface area contributed by atoms with Gasteiger partial charge in [0.1, 0.15) is 5.75 Å². The molecule has 0 amide bonds. The quantitative estimate of drug-likeness (QED) is 0.725. The Morgan fingerprint density at radius 2 is 2.35 bits per heavy atom. The molecular weight excluding hydrogens is 278 g/mol. The van der Waals surface area contributed by atoms with Crippen LogP contribution in [0.5, 0.6) is 5.75 Å². The van der Waals surface area contributed by atoms with Crippen molar-refractivity contribution < 1.29 is 14.6 Å². The van der Waals surface area contributed by atoms with Gasteiger partial charge < -0.3 is 19.9 Å². The Kier molecular flexibility index (Phi) is 6.60. The number of nitrogens with one attached hydrogen (secondary N) is 1. The molecule has 0 spiro atoms. The van der Waals surface area contributed by atoms with Crippen LogP contribution >= 0.6 is 11.6 Å². The molecule has 0 aromatic heterocycles. The van der Waals surface area contributed by atoms with Crippen LogP contribution < -0.4 is 5.32 Å². The first-order valence-corrected chi connectivity index (χ1v) is 7.51. The molecule has 2 rings (SSSR count). The van der Waals surface area contributed by atoms with Crippen molar-refractivity contribution in [2.45, 2.75) is 31.9 Å². The highest BCUT2D eigenvalue weighted by molar-refractivity contribution is 6.32. The van der Waals surface area contributed by atoms with E-state index in [9.17, 15) is 5.11 Å². The molecule has 1 fully saturated rings. The average molecular weight is 300 g/mol. The lowest BCUT2D eigenvalue weighted by Crippen LogP contribution is -2.19. The fourth-order valence-corrected chi connectivity index (χ4v) is 2.41. The van der Waals surface area contributed by atoms with Crippen molar-refractivity contribution >= 4 is 11.6 Å². The van der Waals surface area contributed by atoms with Crippen LogP contribution in [0.2, 0.25) is 5.02 Å². The minimum absolute atomic E-state index is 0.163. The van der Waals surface area contributed by atoms with E-state index in [2.05, 4.69) is 5.32 Å². The Morgan fingerprint density at radius 3 is 3.15 bits per heavy atom. The number of benzene rings is 1. The van der Waals surface area contributed by atoms with Gasteiger partial charge in [0.15, 0.2) is 0 Å². The number of rotatable bonds is 8. The van der Waals surface area contributed by atoms with Crippen LogP contribution in [0, 0.1) is 0 Å². The lowest BCUT2D eigenvalue weighted by Gasteiger charge is -2.10. The van der Waals surface area contributed by atoms with E-state index >= 15 is 0 Å². The van der Waals surface area contributed by atoms with Crippen molar-refractivity contribution in [1.82, 2.24) is 5.32 Å². The number of hydrogen-bond donors (Lipinski definition) is 2. The van der Waals surface area contributed by atoms with Gasteiger partial charge in [-0.25, -0.2) is 0 Å². The van der Waals surface area contributed by atoms with E-state index in [-0.39, 0.29) is 5.75 Å². The van der Waals surface area contributed by atoms with Gasteiger partial charge in [-0.1, -0.05) is 23.7 Å². The van der Waals surface area contributed by atoms with E-state index in [1.807, 2.05) is 12.1 Å². The Labute approximate surface area is 125 Å². The molecule has 0 bridgehead atoms. The summed E-state index contributed by atoms with van der Waals surface area (Å²) in [6.07, 6.45) is 3.50. The van der Waals surface area contributed by atoms with Crippen molar-refractivity contribution in [3.63, 3.8) is 0 Å². The Morgan fingerprint density at radius 1 is 1.45 bits per heavy atom. The summed E-state index contributed by atoms with van der Waals surface area (Å²) in [4.78, 5) is 0. The second kappa shape index (κ2) is 8.47. The number of para-hydroxylation sites is 1. The first-order valence-electron chi connectivity index (χ1n) is 7.14. The fourth-order valence-electron chi connectivity index (χ4n) is 2.22. The van der Waals surface area contributed by atoms with E-state index in [1.54, 1.807) is 6.07 Å². The van der Waals surface area contributed by atoms with E-state index in [4.69, 9.17) is 21.1 Å². The summed E-state index contributed by atoms with van der Waals surface area (Å²) >= 11 is 5.85. The summed E-state index contributed by atoms with van der Waals surface area (Å²) in [5, 5.41) is 13.4. The van der Waals surface area contributed by atoms with Crippen molar-refractivity contribution in [3.05, 3.63) is 28.8 Å². The maximum Gasteiger partial charge on any atom is 0.138 e. The first kappa shape index (κ1) is 15.6. The smallest absolute Gasteiger partial charge is 0.138 e. The lowest BCUT2D eigenvalue weighted by molar-refractivity contribution is 0.0166. The first-order chi connectivity index (χ1) is 9.77. The zero-order valence-corrected chi connectivity index (χ0v) is 12.4. The third-order valence-corrected chi connectivity index (χ3v) is 3.66. The van der Waals surface area contributed by atoms with Gasteiger partial charge in [-0.2, -0.15) is 0 Å². The average Bonchev–Trinajstić information content (AvgIpc) is 2.95. The number of aromatic hydroxyl groups is 1. The van der Waals surface area contributed by atoms with Crippen LogP contribution in [0.15, 0.2) is 18.2 Å². The molecule has 1 saturated heterocycles. The van der Waals surface area contributed by atoms with Crippen molar-refractivity contribution in [2.75, 3.05) is 26.4 Å². The fraction of sp³-hybridized carbons (Fsp3) is 0.600. The third kappa shape index (κ3) is 4.94. The van der Waals surface area contributed by atoms with E-state index < -0.39 is 0 Å². The molecule has 1 unspecified atom stereocenters. The van der Waals surface area contributed by atoms with E-state index in [0.29, 0.717) is 24.3 Å². The molecule has 0 radical (unpaired) electrons. The van der Waals surface area contributed by atoms with Gasteiger partial charge in [-0.15, -0.1) is 0 Å². The van der Waals surface area contributed by atoms with Crippen LogP contribution in [0.3, 0.4) is 0 Å². The highest BCUT2D eigenvalue weighted by Gasteiger charge is 2.14. The van der Waals surface area contributed by atoms with Gasteiger partial charge in [-0.05, 0) is 31.9 Å². The topological polar surface area (TPSA) is 50.7 Å². The molecule has 1 aliphatic heterocycles. The molecule has 1 atom stereocenters. The van der Waals surface area contributed by atoms with Crippen molar-refractivity contribution in [3.8, 4) is 5.75 Å². The Hall–Kier alpha value is -0.810. The van der Waals surface area contributed by atoms with Gasteiger partial charge >= 0.3 is 0 Å². The lowest BCUT2D eigenvalue weighted by atomic mass is 10.2. The molecule has 1 heterocycles. The molecule has 4 nitrogen and oxygen atoms in total. The van der Waals surface area contributed by atoms with Gasteiger partial charge in [0.2, 0.25) is 0 Å². The summed E-state index contributed by atoms with van der Waals surface area (Å²) in [6, 6.07) is 5.38. The molecule has 112 valence electrons. The number of hydrogen-bond acceptors (Lipinski definition) is 4. The normalized spacial score (nSPS) is 18.6. The van der Waals surface area contributed by atoms with E-state index in [0.717, 1.165) is 44.6 Å². The van der Waals surface area contributed by atoms with Crippen LogP contribution in [0.25, 0.3) is 0 Å². The number of halogens is 1. The van der Waals surface area contributed by atoms with Gasteiger partial charge in [0.05, 0.1) is 17.7 Å². The van der Waals surface area contributed by atoms with Crippen LogP contribution in [-0.2, 0) is 16.0 Å². The maximum atomic E-state index is 9.75. The predicted molar refractivity (Wildman–Crippen MR) is 79.2 cm³/mol. The standard InChI is InChI=1S/C15H22ClNO3/c16-14-6-1-4-12(15(14)18)10-17-7-3-8-19-11-13-5-2-9-20-13/h1,4,6,13,17-18H,2-3,5,7-11H2.